The predicted molar refractivity (Wildman–Crippen MR) is 117 cm³/mol. The number of carboxylic acids is 1. The summed E-state index contributed by atoms with van der Waals surface area (Å²) in [7, 11) is 3.23. The molecule has 0 saturated heterocycles. The maximum absolute atomic E-state index is 11.3. The first kappa shape index (κ1) is 20.2. The van der Waals surface area contributed by atoms with Crippen molar-refractivity contribution in [3.8, 4) is 17.2 Å². The zero-order valence-electron chi connectivity index (χ0n) is 18.2. The van der Waals surface area contributed by atoms with Crippen molar-refractivity contribution in [1.29, 1.82) is 0 Å². The Morgan fingerprint density at radius 1 is 0.935 bits per heavy atom. The van der Waals surface area contributed by atoms with Crippen molar-refractivity contribution in [2.45, 2.75) is 50.5 Å². The van der Waals surface area contributed by atoms with Crippen molar-refractivity contribution in [2.24, 2.45) is 17.8 Å². The van der Waals surface area contributed by atoms with Crippen LogP contribution in [0.4, 0.5) is 0 Å². The summed E-state index contributed by atoms with van der Waals surface area (Å²) in [4.78, 5) is 11.3. The Morgan fingerprint density at radius 2 is 1.58 bits per heavy atom. The van der Waals surface area contributed by atoms with Crippen molar-refractivity contribution in [3.63, 3.8) is 0 Å². The van der Waals surface area contributed by atoms with Gasteiger partial charge < -0.3 is 19.3 Å². The van der Waals surface area contributed by atoms with E-state index in [2.05, 4.69) is 18.2 Å². The molecule has 4 bridgehead atoms. The van der Waals surface area contributed by atoms with Crippen LogP contribution in [-0.4, -0.2) is 25.3 Å². The SMILES string of the molecule is COc1cc(OCc2ccc(OC)c(C34CC5CC(CC(C5)C3)C4)c2)ccc1C(=O)O. The Hall–Kier alpha value is -2.69. The third-order valence-electron chi connectivity index (χ3n) is 7.68. The van der Waals surface area contributed by atoms with E-state index in [0.717, 1.165) is 29.1 Å². The highest BCUT2D eigenvalue weighted by atomic mass is 16.5. The molecule has 0 aromatic heterocycles. The van der Waals surface area contributed by atoms with Gasteiger partial charge in [-0.2, -0.15) is 0 Å². The second kappa shape index (κ2) is 7.77. The van der Waals surface area contributed by atoms with E-state index in [-0.39, 0.29) is 11.0 Å². The third kappa shape index (κ3) is 3.64. The average molecular weight is 423 g/mol. The largest absolute Gasteiger partial charge is 0.496 e. The van der Waals surface area contributed by atoms with Crippen molar-refractivity contribution >= 4 is 5.97 Å². The Labute approximate surface area is 183 Å². The standard InChI is InChI=1S/C26H30O5/c1-29-23-6-3-16(15-31-20-4-5-21(25(27)28)24(11-20)30-2)10-22(23)26-12-17-7-18(13-26)9-19(8-17)14-26/h3-6,10-11,17-19H,7-9,12-15H2,1-2H3,(H,27,28). The zero-order chi connectivity index (χ0) is 21.6. The van der Waals surface area contributed by atoms with Crippen molar-refractivity contribution in [2.75, 3.05) is 14.2 Å². The monoisotopic (exact) mass is 422 g/mol. The fraction of sp³-hybridized carbons (Fsp3) is 0.500. The molecular formula is C26H30O5. The predicted octanol–water partition coefficient (Wildman–Crippen LogP) is 5.45. The van der Waals surface area contributed by atoms with Gasteiger partial charge in [0.2, 0.25) is 0 Å². The van der Waals surface area contributed by atoms with Gasteiger partial charge >= 0.3 is 5.97 Å². The lowest BCUT2D eigenvalue weighted by atomic mass is 9.48. The summed E-state index contributed by atoms with van der Waals surface area (Å²) in [5.74, 6) is 3.49. The van der Waals surface area contributed by atoms with Crippen molar-refractivity contribution in [1.82, 2.24) is 0 Å². The molecule has 0 unspecified atom stereocenters. The molecule has 2 aromatic carbocycles. The lowest BCUT2D eigenvalue weighted by Crippen LogP contribution is -2.48. The molecule has 5 nitrogen and oxygen atoms in total. The summed E-state index contributed by atoms with van der Waals surface area (Å²) in [5, 5.41) is 9.26. The third-order valence-corrected chi connectivity index (χ3v) is 7.68. The van der Waals surface area contributed by atoms with Gasteiger partial charge in [0.25, 0.3) is 0 Å². The summed E-state index contributed by atoms with van der Waals surface area (Å²) in [6, 6.07) is 11.3. The topological polar surface area (TPSA) is 65.0 Å². The Bertz CT molecular complexity index is 960. The normalized spacial score (nSPS) is 28.4. The Kier molecular flexibility index (Phi) is 5.07. The van der Waals surface area contributed by atoms with Crippen LogP contribution in [0, 0.1) is 17.8 Å². The molecule has 31 heavy (non-hydrogen) atoms. The first-order chi connectivity index (χ1) is 15.0. The van der Waals surface area contributed by atoms with E-state index in [0.29, 0.717) is 18.1 Å². The fourth-order valence-electron chi connectivity index (χ4n) is 6.80. The lowest BCUT2D eigenvalue weighted by molar-refractivity contribution is -0.00621. The highest BCUT2D eigenvalue weighted by molar-refractivity contribution is 5.91. The van der Waals surface area contributed by atoms with Gasteiger partial charge in [-0.1, -0.05) is 6.07 Å². The van der Waals surface area contributed by atoms with Crippen LogP contribution in [0.2, 0.25) is 0 Å². The molecule has 164 valence electrons. The van der Waals surface area contributed by atoms with Gasteiger partial charge in [-0.3, -0.25) is 0 Å². The molecule has 4 saturated carbocycles. The maximum Gasteiger partial charge on any atom is 0.339 e. The van der Waals surface area contributed by atoms with Gasteiger partial charge in [-0.25, -0.2) is 4.79 Å². The Balaban J connectivity index is 1.39. The van der Waals surface area contributed by atoms with Gasteiger partial charge in [0.15, 0.2) is 0 Å². The molecule has 0 atom stereocenters. The highest BCUT2D eigenvalue weighted by Gasteiger charge is 2.52. The van der Waals surface area contributed by atoms with E-state index in [9.17, 15) is 9.90 Å². The first-order valence-corrected chi connectivity index (χ1v) is 11.2. The van der Waals surface area contributed by atoms with E-state index < -0.39 is 5.97 Å². The number of ether oxygens (including phenoxy) is 3. The van der Waals surface area contributed by atoms with Crippen molar-refractivity contribution in [3.05, 3.63) is 53.1 Å². The smallest absolute Gasteiger partial charge is 0.339 e. The molecule has 2 aromatic rings. The summed E-state index contributed by atoms with van der Waals surface area (Å²) in [6.07, 6.45) is 8.10. The molecular weight excluding hydrogens is 392 g/mol. The summed E-state index contributed by atoms with van der Waals surface area (Å²) in [6.45, 7) is 0.416. The number of rotatable bonds is 7. The minimum absolute atomic E-state index is 0.128. The molecule has 0 radical (unpaired) electrons. The van der Waals surface area contributed by atoms with Gasteiger partial charge in [0, 0.05) is 11.6 Å². The zero-order valence-corrected chi connectivity index (χ0v) is 18.2. The summed E-state index contributed by atoms with van der Waals surface area (Å²) in [5.41, 5.74) is 2.84. The van der Waals surface area contributed by atoms with E-state index in [1.807, 2.05) is 0 Å². The number of methoxy groups -OCH3 is 2. The molecule has 5 heteroatoms. The summed E-state index contributed by atoms with van der Waals surface area (Å²) >= 11 is 0. The molecule has 0 spiro atoms. The van der Waals surface area contributed by atoms with Crippen LogP contribution in [0.3, 0.4) is 0 Å². The second-order valence-electron chi connectivity index (χ2n) is 9.69. The van der Waals surface area contributed by atoms with E-state index >= 15 is 0 Å². The minimum atomic E-state index is -1.02. The molecule has 6 rings (SSSR count). The fourth-order valence-corrected chi connectivity index (χ4v) is 6.80. The molecule has 0 amide bonds. The Morgan fingerprint density at radius 3 is 2.16 bits per heavy atom. The van der Waals surface area contributed by atoms with Crippen LogP contribution in [0.1, 0.15) is 60.0 Å². The van der Waals surface area contributed by atoms with Crippen molar-refractivity contribution < 1.29 is 24.1 Å². The molecule has 1 N–H and O–H groups in total. The van der Waals surface area contributed by atoms with Gasteiger partial charge in [-0.15, -0.1) is 0 Å². The van der Waals surface area contributed by atoms with Gasteiger partial charge in [-0.05, 0) is 91.5 Å². The number of carbonyl (C=O) groups is 1. The molecule has 4 aliphatic rings. The molecule has 4 fully saturated rings. The van der Waals surface area contributed by atoms with Crippen LogP contribution in [0.25, 0.3) is 0 Å². The minimum Gasteiger partial charge on any atom is -0.496 e. The van der Waals surface area contributed by atoms with E-state index in [1.165, 1.54) is 57.3 Å². The van der Waals surface area contributed by atoms with Crippen LogP contribution >= 0.6 is 0 Å². The van der Waals surface area contributed by atoms with Crippen LogP contribution in [0.5, 0.6) is 17.2 Å². The van der Waals surface area contributed by atoms with Gasteiger partial charge in [0.05, 0.1) is 14.2 Å². The summed E-state index contributed by atoms with van der Waals surface area (Å²) < 4.78 is 17.0. The number of benzene rings is 2. The van der Waals surface area contributed by atoms with Gasteiger partial charge in [0.1, 0.15) is 29.4 Å². The van der Waals surface area contributed by atoms with E-state index in [4.69, 9.17) is 14.2 Å². The van der Waals surface area contributed by atoms with Crippen LogP contribution in [0.15, 0.2) is 36.4 Å². The molecule has 0 aliphatic heterocycles. The van der Waals surface area contributed by atoms with Crippen LogP contribution in [-0.2, 0) is 12.0 Å². The quantitative estimate of drug-likeness (QED) is 0.643. The van der Waals surface area contributed by atoms with Crippen LogP contribution < -0.4 is 14.2 Å². The van der Waals surface area contributed by atoms with E-state index in [1.54, 1.807) is 19.2 Å². The number of hydrogen-bond donors (Lipinski definition) is 1. The molecule has 4 aliphatic carbocycles. The number of carboxylic acid groups (broad SMARTS) is 1. The second-order valence-corrected chi connectivity index (χ2v) is 9.69. The molecule has 0 heterocycles. The lowest BCUT2D eigenvalue weighted by Gasteiger charge is -2.57. The number of hydrogen-bond acceptors (Lipinski definition) is 4. The highest BCUT2D eigenvalue weighted by Crippen LogP contribution is 2.61. The number of aromatic carboxylic acids is 1. The maximum atomic E-state index is 11.3. The average Bonchev–Trinajstić information content (AvgIpc) is 2.76. The first-order valence-electron chi connectivity index (χ1n) is 11.2.